The topological polar surface area (TPSA) is 106 Å². The number of anilines is 1. The van der Waals surface area contributed by atoms with Gasteiger partial charge in [0.1, 0.15) is 0 Å². The maximum Gasteiger partial charge on any atom is 0.271 e. The monoisotopic (exact) mass is 353 g/mol. The summed E-state index contributed by atoms with van der Waals surface area (Å²) in [7, 11) is 1.45. The smallest absolute Gasteiger partial charge is 0.271 e. The first kappa shape index (κ1) is 17.2. The zero-order chi connectivity index (χ0) is 18.7. The molecular weight excluding hydrogens is 338 g/mol. The average molecular weight is 353 g/mol. The number of rotatable bonds is 5. The van der Waals surface area contributed by atoms with Gasteiger partial charge in [0.2, 0.25) is 0 Å². The van der Waals surface area contributed by atoms with Crippen molar-refractivity contribution in [2.75, 3.05) is 25.2 Å². The number of ether oxygens (including phenoxy) is 2. The number of methoxy groups -OCH3 is 1. The molecule has 0 bridgehead atoms. The Morgan fingerprint density at radius 2 is 2.12 bits per heavy atom. The van der Waals surface area contributed by atoms with Crippen LogP contribution >= 0.6 is 0 Å². The molecular formula is C18H15N3O5. The highest BCUT2D eigenvalue weighted by Crippen LogP contribution is 2.32. The summed E-state index contributed by atoms with van der Waals surface area (Å²) in [5, 5.41) is 19.9. The van der Waals surface area contributed by atoms with E-state index in [9.17, 15) is 14.9 Å². The summed E-state index contributed by atoms with van der Waals surface area (Å²) in [5.41, 5.74) is 1.79. The summed E-state index contributed by atoms with van der Waals surface area (Å²) in [6.45, 7) is 0.202. The fourth-order valence-corrected chi connectivity index (χ4v) is 2.81. The first-order valence-corrected chi connectivity index (χ1v) is 7.82. The molecule has 2 aromatic rings. The van der Waals surface area contributed by atoms with Crippen LogP contribution in [0.15, 0.2) is 36.4 Å². The molecule has 1 heterocycles. The van der Waals surface area contributed by atoms with Crippen LogP contribution in [0.1, 0.15) is 11.1 Å². The van der Waals surface area contributed by atoms with Gasteiger partial charge in [0, 0.05) is 24.7 Å². The van der Waals surface area contributed by atoms with Crippen LogP contribution in [0.2, 0.25) is 0 Å². The molecule has 0 aliphatic carbocycles. The molecule has 26 heavy (non-hydrogen) atoms. The lowest BCUT2D eigenvalue weighted by Gasteiger charge is -2.18. The van der Waals surface area contributed by atoms with Crippen molar-refractivity contribution in [2.24, 2.45) is 0 Å². The summed E-state index contributed by atoms with van der Waals surface area (Å²) in [5.74, 6) is 0.392. The predicted molar refractivity (Wildman–Crippen MR) is 92.4 cm³/mol. The fourth-order valence-electron chi connectivity index (χ4n) is 2.81. The molecule has 1 aliphatic heterocycles. The molecule has 0 unspecified atom stereocenters. The normalized spacial score (nSPS) is 12.2. The van der Waals surface area contributed by atoms with Crippen LogP contribution in [-0.4, -0.2) is 31.1 Å². The van der Waals surface area contributed by atoms with Crippen molar-refractivity contribution in [3.63, 3.8) is 0 Å². The Labute approximate surface area is 149 Å². The standard InChI is InChI=1S/C18H15N3O5/c1-25-17-8-12(10-19)2-5-16(17)26-11-18(22)20-7-6-13-3-4-14(21(23)24)9-15(13)20/h2-5,8-9H,6-7,11H2,1H3. The molecule has 1 aliphatic rings. The second-order valence-electron chi connectivity index (χ2n) is 5.63. The quantitative estimate of drug-likeness (QED) is 0.604. The molecule has 0 saturated carbocycles. The fraction of sp³-hybridized carbons (Fsp3) is 0.222. The molecule has 0 saturated heterocycles. The van der Waals surface area contributed by atoms with Gasteiger partial charge in [0.15, 0.2) is 18.1 Å². The molecule has 0 atom stereocenters. The molecule has 8 heteroatoms. The summed E-state index contributed by atoms with van der Waals surface area (Å²) in [6.07, 6.45) is 0.638. The number of amides is 1. The third kappa shape index (κ3) is 3.28. The Kier molecular flexibility index (Phi) is 4.71. The predicted octanol–water partition coefficient (Wildman–Crippen LogP) is 2.44. The third-order valence-electron chi connectivity index (χ3n) is 4.12. The molecule has 1 amide bonds. The highest BCUT2D eigenvalue weighted by atomic mass is 16.6. The average Bonchev–Trinajstić information content (AvgIpc) is 3.09. The lowest BCUT2D eigenvalue weighted by molar-refractivity contribution is -0.384. The molecule has 0 fully saturated rings. The zero-order valence-electron chi connectivity index (χ0n) is 14.0. The van der Waals surface area contributed by atoms with E-state index < -0.39 is 4.92 Å². The Morgan fingerprint density at radius 1 is 1.31 bits per heavy atom. The van der Waals surface area contributed by atoms with Gasteiger partial charge in [-0.15, -0.1) is 0 Å². The zero-order valence-corrected chi connectivity index (χ0v) is 14.0. The van der Waals surface area contributed by atoms with E-state index >= 15 is 0 Å². The highest BCUT2D eigenvalue weighted by molar-refractivity contribution is 5.96. The van der Waals surface area contributed by atoms with E-state index in [1.165, 1.54) is 30.2 Å². The van der Waals surface area contributed by atoms with E-state index in [1.54, 1.807) is 18.2 Å². The van der Waals surface area contributed by atoms with Crippen LogP contribution in [0.5, 0.6) is 11.5 Å². The number of benzene rings is 2. The minimum atomic E-state index is -0.487. The van der Waals surface area contributed by atoms with Crippen molar-refractivity contribution < 1.29 is 19.2 Å². The van der Waals surface area contributed by atoms with Gasteiger partial charge in [-0.1, -0.05) is 6.07 Å². The van der Waals surface area contributed by atoms with Crippen molar-refractivity contribution in [1.82, 2.24) is 0 Å². The van der Waals surface area contributed by atoms with Crippen molar-refractivity contribution in [3.05, 3.63) is 57.6 Å². The van der Waals surface area contributed by atoms with Gasteiger partial charge in [-0.3, -0.25) is 14.9 Å². The first-order chi connectivity index (χ1) is 12.5. The Balaban J connectivity index is 1.74. The molecule has 0 radical (unpaired) electrons. The Bertz CT molecular complexity index is 920. The first-order valence-electron chi connectivity index (χ1n) is 7.82. The van der Waals surface area contributed by atoms with E-state index in [4.69, 9.17) is 14.7 Å². The summed E-state index contributed by atoms with van der Waals surface area (Å²) >= 11 is 0. The van der Waals surface area contributed by atoms with Gasteiger partial charge >= 0.3 is 0 Å². The van der Waals surface area contributed by atoms with Crippen LogP contribution in [0.25, 0.3) is 0 Å². The number of nitrogens with zero attached hydrogens (tertiary/aromatic N) is 3. The molecule has 0 N–H and O–H groups in total. The van der Waals surface area contributed by atoms with Crippen molar-refractivity contribution >= 4 is 17.3 Å². The molecule has 0 spiro atoms. The Morgan fingerprint density at radius 3 is 2.81 bits per heavy atom. The van der Waals surface area contributed by atoms with Crippen LogP contribution < -0.4 is 14.4 Å². The van der Waals surface area contributed by atoms with Crippen molar-refractivity contribution in [3.8, 4) is 17.6 Å². The van der Waals surface area contributed by atoms with Crippen LogP contribution in [0.3, 0.4) is 0 Å². The summed E-state index contributed by atoms with van der Waals surface area (Å²) in [6, 6.07) is 11.2. The van der Waals surface area contributed by atoms with E-state index in [-0.39, 0.29) is 18.2 Å². The minimum Gasteiger partial charge on any atom is -0.493 e. The van der Waals surface area contributed by atoms with Gasteiger partial charge in [-0.25, -0.2) is 0 Å². The number of nitro groups is 1. The number of nitriles is 1. The molecule has 0 aromatic heterocycles. The summed E-state index contributed by atoms with van der Waals surface area (Å²) < 4.78 is 10.7. The van der Waals surface area contributed by atoms with Gasteiger partial charge in [-0.05, 0) is 24.1 Å². The second-order valence-corrected chi connectivity index (χ2v) is 5.63. The molecule has 132 valence electrons. The van der Waals surface area contributed by atoms with Gasteiger partial charge in [-0.2, -0.15) is 5.26 Å². The van der Waals surface area contributed by atoms with E-state index in [0.717, 1.165) is 5.56 Å². The number of hydrogen-bond donors (Lipinski definition) is 0. The highest BCUT2D eigenvalue weighted by Gasteiger charge is 2.27. The number of hydrogen-bond acceptors (Lipinski definition) is 6. The van der Waals surface area contributed by atoms with Crippen molar-refractivity contribution in [1.29, 1.82) is 5.26 Å². The lowest BCUT2D eigenvalue weighted by Crippen LogP contribution is -2.33. The second kappa shape index (κ2) is 7.11. The minimum absolute atomic E-state index is 0.0573. The number of carbonyl (C=O) groups excluding carboxylic acids is 1. The number of non-ortho nitro benzene ring substituents is 1. The number of fused-ring (bicyclic) bond motifs is 1. The van der Waals surface area contributed by atoms with Crippen LogP contribution in [-0.2, 0) is 11.2 Å². The maximum absolute atomic E-state index is 12.5. The maximum atomic E-state index is 12.5. The van der Waals surface area contributed by atoms with Gasteiger partial charge in [0.25, 0.3) is 11.6 Å². The van der Waals surface area contributed by atoms with Gasteiger partial charge < -0.3 is 14.4 Å². The molecule has 8 nitrogen and oxygen atoms in total. The molecule has 3 rings (SSSR count). The Hall–Kier alpha value is -3.60. The SMILES string of the molecule is COc1cc(C#N)ccc1OCC(=O)N1CCc2ccc([N+](=O)[O-])cc21. The van der Waals surface area contributed by atoms with E-state index in [0.29, 0.717) is 35.7 Å². The van der Waals surface area contributed by atoms with E-state index in [2.05, 4.69) is 0 Å². The van der Waals surface area contributed by atoms with E-state index in [1.807, 2.05) is 6.07 Å². The third-order valence-corrected chi connectivity index (χ3v) is 4.12. The summed E-state index contributed by atoms with van der Waals surface area (Å²) in [4.78, 5) is 24.5. The van der Waals surface area contributed by atoms with Crippen LogP contribution in [0.4, 0.5) is 11.4 Å². The number of nitro benzene ring substituents is 1. The molecule has 2 aromatic carbocycles. The van der Waals surface area contributed by atoms with Crippen LogP contribution in [0, 0.1) is 21.4 Å². The largest absolute Gasteiger partial charge is 0.493 e. The number of carbonyl (C=O) groups is 1. The van der Waals surface area contributed by atoms with Crippen molar-refractivity contribution in [2.45, 2.75) is 6.42 Å². The van der Waals surface area contributed by atoms with Gasteiger partial charge in [0.05, 0.1) is 29.4 Å². The lowest BCUT2D eigenvalue weighted by atomic mass is 10.1.